The minimum Gasteiger partial charge on any atom is -0.366 e. The average molecular weight is 222 g/mol. The molecule has 82 valence electrons. The number of amides is 1. The maximum atomic E-state index is 11.7. The summed E-state index contributed by atoms with van der Waals surface area (Å²) in [4.78, 5) is 11.7. The molecule has 1 amide bonds. The number of carbonyl (C=O) groups excluding carboxylic acids is 1. The highest BCUT2D eigenvalue weighted by molar-refractivity contribution is 5.85. The minimum absolute atomic E-state index is 0. The van der Waals surface area contributed by atoms with Crippen LogP contribution in [0, 0.1) is 0 Å². The SMILES string of the molecule is Cl.O=C([C@H]1CNCCO1)N1CCCN1. The molecule has 0 unspecified atom stereocenters. The predicted octanol–water partition coefficient (Wildman–Crippen LogP) is -0.866. The van der Waals surface area contributed by atoms with E-state index in [1.54, 1.807) is 5.01 Å². The first-order chi connectivity index (χ1) is 6.38. The van der Waals surface area contributed by atoms with Gasteiger partial charge in [0.15, 0.2) is 0 Å². The van der Waals surface area contributed by atoms with Crippen LogP contribution in [0.25, 0.3) is 0 Å². The van der Waals surface area contributed by atoms with Gasteiger partial charge in [0.1, 0.15) is 6.10 Å². The molecule has 1 atom stereocenters. The van der Waals surface area contributed by atoms with Crippen molar-refractivity contribution in [3.05, 3.63) is 0 Å². The summed E-state index contributed by atoms with van der Waals surface area (Å²) in [6.07, 6.45) is 0.741. The number of hydrogen-bond acceptors (Lipinski definition) is 4. The van der Waals surface area contributed by atoms with E-state index in [2.05, 4.69) is 10.7 Å². The molecule has 2 fully saturated rings. The lowest BCUT2D eigenvalue weighted by molar-refractivity contribution is -0.146. The molecule has 2 N–H and O–H groups in total. The highest BCUT2D eigenvalue weighted by Crippen LogP contribution is 2.04. The van der Waals surface area contributed by atoms with E-state index < -0.39 is 0 Å². The van der Waals surface area contributed by atoms with Gasteiger partial charge in [-0.15, -0.1) is 12.4 Å². The van der Waals surface area contributed by atoms with Crippen LogP contribution in [0.3, 0.4) is 0 Å². The monoisotopic (exact) mass is 221 g/mol. The fraction of sp³-hybridized carbons (Fsp3) is 0.875. The highest BCUT2D eigenvalue weighted by atomic mass is 35.5. The van der Waals surface area contributed by atoms with Crippen LogP contribution in [0.2, 0.25) is 0 Å². The molecule has 0 bridgehead atoms. The van der Waals surface area contributed by atoms with Crippen molar-refractivity contribution in [3.63, 3.8) is 0 Å². The van der Waals surface area contributed by atoms with E-state index in [-0.39, 0.29) is 24.4 Å². The van der Waals surface area contributed by atoms with E-state index in [9.17, 15) is 4.79 Å². The Kier molecular flexibility index (Phi) is 4.60. The summed E-state index contributed by atoms with van der Waals surface area (Å²) in [5.41, 5.74) is 3.03. The van der Waals surface area contributed by atoms with Gasteiger partial charge in [0.25, 0.3) is 5.91 Å². The van der Waals surface area contributed by atoms with Crippen LogP contribution < -0.4 is 10.7 Å². The molecule has 0 radical (unpaired) electrons. The molecule has 5 nitrogen and oxygen atoms in total. The maximum Gasteiger partial charge on any atom is 0.267 e. The Labute approximate surface area is 89.5 Å². The molecule has 0 aromatic heterocycles. The number of nitrogens with zero attached hydrogens (tertiary/aromatic N) is 1. The van der Waals surface area contributed by atoms with Crippen molar-refractivity contribution in [2.75, 3.05) is 32.8 Å². The first kappa shape index (κ1) is 11.7. The van der Waals surface area contributed by atoms with Gasteiger partial charge >= 0.3 is 0 Å². The molecule has 0 aliphatic carbocycles. The van der Waals surface area contributed by atoms with Gasteiger partial charge in [-0.3, -0.25) is 9.80 Å². The Hall–Kier alpha value is -0.360. The third kappa shape index (κ3) is 2.57. The van der Waals surface area contributed by atoms with Gasteiger partial charge in [0.2, 0.25) is 0 Å². The molecule has 2 aliphatic heterocycles. The van der Waals surface area contributed by atoms with Gasteiger partial charge in [-0.25, -0.2) is 5.43 Å². The molecule has 2 rings (SSSR count). The quantitative estimate of drug-likeness (QED) is 0.605. The Morgan fingerprint density at radius 1 is 1.43 bits per heavy atom. The van der Waals surface area contributed by atoms with Crippen LogP contribution >= 0.6 is 12.4 Å². The summed E-state index contributed by atoms with van der Waals surface area (Å²) in [6, 6.07) is 0. The van der Waals surface area contributed by atoms with Crippen LogP contribution in [-0.2, 0) is 9.53 Å². The number of morpholine rings is 1. The molecule has 6 heteroatoms. The van der Waals surface area contributed by atoms with E-state index in [0.29, 0.717) is 13.2 Å². The lowest BCUT2D eigenvalue weighted by Crippen LogP contribution is -2.51. The zero-order chi connectivity index (χ0) is 9.10. The van der Waals surface area contributed by atoms with Crippen molar-refractivity contribution in [1.29, 1.82) is 0 Å². The molecule has 0 aromatic rings. The Balaban J connectivity index is 0.000000980. The van der Waals surface area contributed by atoms with Crippen molar-refractivity contribution < 1.29 is 9.53 Å². The van der Waals surface area contributed by atoms with Crippen molar-refractivity contribution in [2.24, 2.45) is 0 Å². The second kappa shape index (κ2) is 5.50. The molecule has 0 aromatic carbocycles. The molecule has 14 heavy (non-hydrogen) atoms. The molecule has 0 saturated carbocycles. The lowest BCUT2D eigenvalue weighted by atomic mass is 10.3. The van der Waals surface area contributed by atoms with Gasteiger partial charge < -0.3 is 10.1 Å². The third-order valence-corrected chi connectivity index (χ3v) is 2.33. The molecular weight excluding hydrogens is 206 g/mol. The molecular formula is C8H16ClN3O2. The number of ether oxygens (including phenoxy) is 1. The summed E-state index contributed by atoms with van der Waals surface area (Å²) < 4.78 is 5.36. The summed E-state index contributed by atoms with van der Waals surface area (Å²) in [5.74, 6) is 0.0599. The average Bonchev–Trinajstić information content (AvgIpc) is 2.71. The number of carbonyl (C=O) groups is 1. The molecule has 2 saturated heterocycles. The summed E-state index contributed by atoms with van der Waals surface area (Å²) in [7, 11) is 0. The van der Waals surface area contributed by atoms with Gasteiger partial charge in [0.05, 0.1) is 6.61 Å². The minimum atomic E-state index is -0.292. The smallest absolute Gasteiger partial charge is 0.267 e. The lowest BCUT2D eigenvalue weighted by Gasteiger charge is -2.26. The molecule has 2 aliphatic rings. The van der Waals surface area contributed by atoms with E-state index in [1.807, 2.05) is 0 Å². The van der Waals surface area contributed by atoms with Crippen molar-refractivity contribution >= 4 is 18.3 Å². The van der Waals surface area contributed by atoms with Crippen LogP contribution in [0.5, 0.6) is 0 Å². The topological polar surface area (TPSA) is 53.6 Å². The second-order valence-corrected chi connectivity index (χ2v) is 3.32. The van der Waals surface area contributed by atoms with E-state index in [1.165, 1.54) is 0 Å². The van der Waals surface area contributed by atoms with E-state index in [0.717, 1.165) is 26.1 Å². The first-order valence-electron chi connectivity index (χ1n) is 4.75. The number of nitrogens with one attached hydrogen (secondary N) is 2. The summed E-state index contributed by atoms with van der Waals surface area (Å²) >= 11 is 0. The highest BCUT2D eigenvalue weighted by Gasteiger charge is 2.28. The van der Waals surface area contributed by atoms with Crippen LogP contribution in [0.4, 0.5) is 0 Å². The first-order valence-corrected chi connectivity index (χ1v) is 4.75. The van der Waals surface area contributed by atoms with Crippen molar-refractivity contribution in [3.8, 4) is 0 Å². The number of hydrogen-bond donors (Lipinski definition) is 2. The van der Waals surface area contributed by atoms with Crippen LogP contribution in [-0.4, -0.2) is 49.8 Å². The molecule has 2 heterocycles. The van der Waals surface area contributed by atoms with Gasteiger partial charge in [0, 0.05) is 26.2 Å². The standard InChI is InChI=1S/C8H15N3O2.ClH/c12-8(11-4-1-2-10-11)7-6-9-3-5-13-7;/h7,9-10H,1-6H2;1H/t7-;/m1./s1. The maximum absolute atomic E-state index is 11.7. The largest absolute Gasteiger partial charge is 0.366 e. The Morgan fingerprint density at radius 2 is 2.29 bits per heavy atom. The summed E-state index contributed by atoms with van der Waals surface area (Å²) in [6.45, 7) is 3.81. The Bertz CT molecular complexity index is 191. The van der Waals surface area contributed by atoms with E-state index >= 15 is 0 Å². The fourth-order valence-corrected chi connectivity index (χ4v) is 1.62. The number of halogens is 1. The summed E-state index contributed by atoms with van der Waals surface area (Å²) in [5, 5.41) is 4.80. The number of hydrazine groups is 1. The van der Waals surface area contributed by atoms with E-state index in [4.69, 9.17) is 4.74 Å². The third-order valence-electron chi connectivity index (χ3n) is 2.33. The van der Waals surface area contributed by atoms with Crippen molar-refractivity contribution in [2.45, 2.75) is 12.5 Å². The van der Waals surface area contributed by atoms with Gasteiger partial charge in [-0.2, -0.15) is 0 Å². The van der Waals surface area contributed by atoms with Gasteiger partial charge in [-0.05, 0) is 6.42 Å². The number of rotatable bonds is 1. The normalized spacial score (nSPS) is 27.1. The fourth-order valence-electron chi connectivity index (χ4n) is 1.62. The Morgan fingerprint density at radius 3 is 2.86 bits per heavy atom. The van der Waals surface area contributed by atoms with Gasteiger partial charge in [-0.1, -0.05) is 0 Å². The van der Waals surface area contributed by atoms with Crippen LogP contribution in [0.1, 0.15) is 6.42 Å². The predicted molar refractivity (Wildman–Crippen MR) is 54.2 cm³/mol. The zero-order valence-corrected chi connectivity index (χ0v) is 8.81. The van der Waals surface area contributed by atoms with Crippen LogP contribution in [0.15, 0.2) is 0 Å². The molecule has 0 spiro atoms. The second-order valence-electron chi connectivity index (χ2n) is 3.32. The van der Waals surface area contributed by atoms with Crippen molar-refractivity contribution in [1.82, 2.24) is 15.8 Å². The zero-order valence-electron chi connectivity index (χ0n) is 7.99.